The number of hydrogen-bond donors (Lipinski definition) is 2. The van der Waals surface area contributed by atoms with Gasteiger partial charge in [0.2, 0.25) is 0 Å². The molecule has 17 heavy (non-hydrogen) atoms. The Morgan fingerprint density at radius 2 is 2.35 bits per heavy atom. The van der Waals surface area contributed by atoms with Gasteiger partial charge in [-0.1, -0.05) is 17.7 Å². The molecule has 1 aromatic carbocycles. The van der Waals surface area contributed by atoms with Crippen LogP contribution in [-0.4, -0.2) is 8.75 Å². The topological polar surface area (TPSA) is 63.8 Å². The van der Waals surface area contributed by atoms with Gasteiger partial charge in [0.25, 0.3) is 0 Å². The van der Waals surface area contributed by atoms with Gasteiger partial charge in [-0.3, -0.25) is 11.3 Å². The Morgan fingerprint density at radius 1 is 1.53 bits per heavy atom. The van der Waals surface area contributed by atoms with Crippen LogP contribution in [0.3, 0.4) is 0 Å². The van der Waals surface area contributed by atoms with E-state index in [9.17, 15) is 4.39 Å². The Hall–Kier alpha value is -1.08. The summed E-state index contributed by atoms with van der Waals surface area (Å²) < 4.78 is 21.6. The lowest BCUT2D eigenvalue weighted by atomic mass is 10.0. The largest absolute Gasteiger partial charge is 0.271 e. The molecule has 0 aliphatic carbocycles. The van der Waals surface area contributed by atoms with Crippen LogP contribution in [0.25, 0.3) is 0 Å². The van der Waals surface area contributed by atoms with Crippen LogP contribution in [0.2, 0.25) is 5.02 Å². The standard InChI is InChI=1S/C10H10ClFN4S/c11-7-2-1-6(8(12)4-7)3-9(15-13)10-5-14-17-16-10/h1-2,4-5,9,15H,3,13H2. The monoisotopic (exact) mass is 272 g/mol. The molecule has 0 bridgehead atoms. The quantitative estimate of drug-likeness (QED) is 0.661. The second-order valence-electron chi connectivity index (χ2n) is 3.49. The van der Waals surface area contributed by atoms with Crippen molar-refractivity contribution in [2.75, 3.05) is 0 Å². The van der Waals surface area contributed by atoms with Crippen LogP contribution in [0, 0.1) is 5.82 Å². The molecule has 2 aromatic rings. The predicted octanol–water partition coefficient (Wildman–Crippen LogP) is 2.08. The molecule has 7 heteroatoms. The van der Waals surface area contributed by atoms with Crippen molar-refractivity contribution < 1.29 is 4.39 Å². The Morgan fingerprint density at radius 3 is 2.94 bits per heavy atom. The first-order valence-electron chi connectivity index (χ1n) is 4.88. The van der Waals surface area contributed by atoms with Crippen LogP contribution in [0.4, 0.5) is 4.39 Å². The molecule has 0 spiro atoms. The molecular weight excluding hydrogens is 263 g/mol. The summed E-state index contributed by atoms with van der Waals surface area (Å²) in [6.07, 6.45) is 2.01. The molecule has 0 radical (unpaired) electrons. The smallest absolute Gasteiger partial charge is 0.127 e. The van der Waals surface area contributed by atoms with Crippen molar-refractivity contribution in [1.29, 1.82) is 0 Å². The van der Waals surface area contributed by atoms with E-state index in [4.69, 9.17) is 17.4 Å². The third-order valence-electron chi connectivity index (χ3n) is 2.38. The zero-order valence-corrected chi connectivity index (χ0v) is 10.3. The molecule has 0 amide bonds. The molecule has 1 heterocycles. The van der Waals surface area contributed by atoms with E-state index in [0.29, 0.717) is 22.7 Å². The molecule has 2 rings (SSSR count). The SMILES string of the molecule is NNC(Cc1ccc(Cl)cc1F)c1cnsn1. The van der Waals surface area contributed by atoms with Crippen LogP contribution >= 0.6 is 23.3 Å². The first kappa shape index (κ1) is 12.4. The summed E-state index contributed by atoms with van der Waals surface area (Å²) in [5, 5.41) is 0.374. The first-order chi connectivity index (χ1) is 8.20. The molecule has 1 unspecified atom stereocenters. The number of rotatable bonds is 4. The number of nitrogens with one attached hydrogen (secondary N) is 1. The number of nitrogens with zero attached hydrogens (tertiary/aromatic N) is 2. The molecule has 0 saturated heterocycles. The molecule has 0 aliphatic rings. The maximum absolute atomic E-state index is 13.6. The van der Waals surface area contributed by atoms with Crippen molar-refractivity contribution in [2.45, 2.75) is 12.5 Å². The lowest BCUT2D eigenvalue weighted by molar-refractivity contribution is 0.521. The third-order valence-corrected chi connectivity index (χ3v) is 3.10. The molecular formula is C10H10ClFN4S. The van der Waals surface area contributed by atoms with Gasteiger partial charge in [0.05, 0.1) is 29.7 Å². The lowest BCUT2D eigenvalue weighted by Gasteiger charge is -2.13. The number of hydrazine groups is 1. The van der Waals surface area contributed by atoms with Crippen molar-refractivity contribution in [3.63, 3.8) is 0 Å². The minimum atomic E-state index is -0.346. The van der Waals surface area contributed by atoms with E-state index in [1.807, 2.05) is 0 Å². The fourth-order valence-corrected chi connectivity index (χ4v) is 2.11. The van der Waals surface area contributed by atoms with Gasteiger partial charge in [0.1, 0.15) is 5.82 Å². The molecule has 4 nitrogen and oxygen atoms in total. The summed E-state index contributed by atoms with van der Waals surface area (Å²) in [5.74, 6) is 5.08. The van der Waals surface area contributed by atoms with Gasteiger partial charge in [-0.15, -0.1) is 0 Å². The van der Waals surface area contributed by atoms with Crippen LogP contribution in [-0.2, 0) is 6.42 Å². The van der Waals surface area contributed by atoms with Gasteiger partial charge in [0, 0.05) is 5.02 Å². The number of halogens is 2. The Balaban J connectivity index is 2.19. The number of benzene rings is 1. The predicted molar refractivity (Wildman–Crippen MR) is 65.1 cm³/mol. The molecule has 90 valence electrons. The van der Waals surface area contributed by atoms with Crippen LogP contribution in [0.1, 0.15) is 17.3 Å². The summed E-state index contributed by atoms with van der Waals surface area (Å²) in [6, 6.07) is 4.31. The first-order valence-corrected chi connectivity index (χ1v) is 5.99. The van der Waals surface area contributed by atoms with Gasteiger partial charge in [-0.05, 0) is 24.1 Å². The van der Waals surface area contributed by atoms with Crippen molar-refractivity contribution in [2.24, 2.45) is 5.84 Å². The highest BCUT2D eigenvalue weighted by Gasteiger charge is 2.15. The molecule has 0 fully saturated rings. The molecule has 1 aromatic heterocycles. The fourth-order valence-electron chi connectivity index (χ4n) is 1.48. The molecule has 0 saturated carbocycles. The molecule has 1 atom stereocenters. The summed E-state index contributed by atoms with van der Waals surface area (Å²) in [4.78, 5) is 0. The van der Waals surface area contributed by atoms with E-state index in [0.717, 1.165) is 11.7 Å². The second-order valence-corrected chi connectivity index (χ2v) is 4.48. The maximum atomic E-state index is 13.6. The van der Waals surface area contributed by atoms with Crippen LogP contribution in [0.15, 0.2) is 24.4 Å². The highest BCUT2D eigenvalue weighted by Crippen LogP contribution is 2.20. The normalized spacial score (nSPS) is 12.6. The maximum Gasteiger partial charge on any atom is 0.127 e. The van der Waals surface area contributed by atoms with E-state index in [2.05, 4.69) is 14.2 Å². The Kier molecular flexibility index (Phi) is 4.01. The summed E-state index contributed by atoms with van der Waals surface area (Å²) >= 11 is 6.78. The van der Waals surface area contributed by atoms with Gasteiger partial charge >= 0.3 is 0 Å². The van der Waals surface area contributed by atoms with Gasteiger partial charge < -0.3 is 0 Å². The summed E-state index contributed by atoms with van der Waals surface area (Å²) in [7, 11) is 0. The minimum absolute atomic E-state index is 0.260. The zero-order valence-electron chi connectivity index (χ0n) is 8.73. The third kappa shape index (κ3) is 2.98. The van der Waals surface area contributed by atoms with Crippen molar-refractivity contribution >= 4 is 23.3 Å². The van der Waals surface area contributed by atoms with E-state index in [1.165, 1.54) is 6.07 Å². The summed E-state index contributed by atoms with van der Waals surface area (Å²) in [5.41, 5.74) is 3.83. The van der Waals surface area contributed by atoms with Gasteiger partial charge in [0.15, 0.2) is 0 Å². The van der Waals surface area contributed by atoms with Gasteiger partial charge in [-0.25, -0.2) is 4.39 Å². The highest BCUT2D eigenvalue weighted by atomic mass is 35.5. The Labute approximate surface area is 107 Å². The lowest BCUT2D eigenvalue weighted by Crippen LogP contribution is -2.30. The number of nitrogens with two attached hydrogens (primary N) is 1. The summed E-state index contributed by atoms with van der Waals surface area (Å²) in [6.45, 7) is 0. The second kappa shape index (κ2) is 5.50. The number of aromatic nitrogens is 2. The average Bonchev–Trinajstić information content (AvgIpc) is 2.81. The van der Waals surface area contributed by atoms with E-state index in [1.54, 1.807) is 18.3 Å². The molecule has 0 aliphatic heterocycles. The number of hydrogen-bond acceptors (Lipinski definition) is 5. The van der Waals surface area contributed by atoms with Crippen molar-refractivity contribution in [3.05, 3.63) is 46.5 Å². The minimum Gasteiger partial charge on any atom is -0.271 e. The fraction of sp³-hybridized carbons (Fsp3) is 0.200. The van der Waals surface area contributed by atoms with Crippen LogP contribution in [0.5, 0.6) is 0 Å². The Bertz CT molecular complexity index is 491. The molecule has 3 N–H and O–H groups in total. The van der Waals surface area contributed by atoms with Crippen LogP contribution < -0.4 is 11.3 Å². The van der Waals surface area contributed by atoms with Crippen molar-refractivity contribution in [3.8, 4) is 0 Å². The zero-order chi connectivity index (χ0) is 12.3. The average molecular weight is 273 g/mol. The highest BCUT2D eigenvalue weighted by molar-refractivity contribution is 6.99. The van der Waals surface area contributed by atoms with E-state index >= 15 is 0 Å². The van der Waals surface area contributed by atoms with E-state index < -0.39 is 0 Å². The van der Waals surface area contributed by atoms with Gasteiger partial charge in [-0.2, -0.15) is 8.75 Å². The van der Waals surface area contributed by atoms with E-state index in [-0.39, 0.29) is 11.9 Å². The van der Waals surface area contributed by atoms with Crippen molar-refractivity contribution in [1.82, 2.24) is 14.2 Å².